The summed E-state index contributed by atoms with van der Waals surface area (Å²) >= 11 is 1.44. The van der Waals surface area contributed by atoms with Gasteiger partial charge in [0.1, 0.15) is 11.1 Å². The number of nitrogens with zero attached hydrogens (tertiary/aromatic N) is 2. The van der Waals surface area contributed by atoms with Gasteiger partial charge in [-0.3, -0.25) is 9.69 Å². The van der Waals surface area contributed by atoms with Gasteiger partial charge in [-0.2, -0.15) is 5.26 Å². The molecule has 0 unspecified atom stereocenters. The Labute approximate surface area is 204 Å². The Hall–Kier alpha value is -2.70. The molecule has 33 heavy (non-hydrogen) atoms. The van der Waals surface area contributed by atoms with Gasteiger partial charge in [-0.15, -0.1) is 23.7 Å². The fourth-order valence-electron chi connectivity index (χ4n) is 3.79. The number of sulfone groups is 1. The normalized spacial score (nSPS) is 13.5. The van der Waals surface area contributed by atoms with E-state index in [9.17, 15) is 18.5 Å². The van der Waals surface area contributed by atoms with Crippen molar-refractivity contribution in [2.24, 2.45) is 0 Å². The van der Waals surface area contributed by atoms with E-state index in [4.69, 9.17) is 0 Å². The average Bonchev–Trinajstić information content (AvgIpc) is 3.15. The largest absolute Gasteiger partial charge is 0.312 e. The quantitative estimate of drug-likeness (QED) is 0.531. The molecule has 3 aromatic rings. The van der Waals surface area contributed by atoms with Gasteiger partial charge in [0.2, 0.25) is 0 Å². The van der Waals surface area contributed by atoms with E-state index in [0.717, 1.165) is 36.5 Å². The van der Waals surface area contributed by atoms with Gasteiger partial charge in [0, 0.05) is 30.1 Å². The topological polar surface area (TPSA) is 90.3 Å². The molecule has 0 saturated heterocycles. The summed E-state index contributed by atoms with van der Waals surface area (Å²) in [4.78, 5) is 16.4. The van der Waals surface area contributed by atoms with E-state index < -0.39 is 9.84 Å². The average molecular weight is 502 g/mol. The number of amides is 1. The Balaban J connectivity index is 0.00000306. The maximum atomic E-state index is 12.8. The number of carbonyl (C=O) groups is 1. The van der Waals surface area contributed by atoms with Gasteiger partial charge < -0.3 is 5.32 Å². The van der Waals surface area contributed by atoms with Crippen molar-refractivity contribution >= 4 is 44.5 Å². The van der Waals surface area contributed by atoms with E-state index in [-0.39, 0.29) is 29.0 Å². The third-order valence-corrected chi connectivity index (χ3v) is 8.46. The molecule has 0 bridgehead atoms. The standard InChI is InChI=1S/C24H23N3O3S2.ClH/c1-2-32(29,30)19-10-8-18(9-11-19)23(28)26-24-21(14-25)20-12-13-27(16-22(20)31-24)15-17-6-4-3-5-7-17;/h3-11H,2,12-13,15-16H2,1H3,(H,26,28);1H. The molecule has 2 heterocycles. The summed E-state index contributed by atoms with van der Waals surface area (Å²) in [6, 6.07) is 18.4. The van der Waals surface area contributed by atoms with E-state index in [1.807, 2.05) is 18.2 Å². The van der Waals surface area contributed by atoms with Crippen molar-refractivity contribution in [1.82, 2.24) is 4.90 Å². The Kier molecular flexibility index (Phi) is 7.92. The molecular formula is C24H24ClN3O3S2. The minimum absolute atomic E-state index is 0. The van der Waals surface area contributed by atoms with E-state index in [1.54, 1.807) is 6.92 Å². The van der Waals surface area contributed by atoms with Crippen LogP contribution in [0.25, 0.3) is 0 Å². The van der Waals surface area contributed by atoms with Gasteiger partial charge >= 0.3 is 0 Å². The summed E-state index contributed by atoms with van der Waals surface area (Å²) in [6.07, 6.45) is 0.765. The van der Waals surface area contributed by atoms with E-state index in [2.05, 4.69) is 28.4 Å². The minimum atomic E-state index is -3.32. The Bertz CT molecular complexity index is 1280. The Morgan fingerprint density at radius 3 is 2.48 bits per heavy atom. The van der Waals surface area contributed by atoms with Crippen LogP contribution in [0.3, 0.4) is 0 Å². The van der Waals surface area contributed by atoms with Crippen molar-refractivity contribution in [3.8, 4) is 6.07 Å². The van der Waals surface area contributed by atoms with Crippen LogP contribution in [-0.2, 0) is 29.3 Å². The van der Waals surface area contributed by atoms with Crippen molar-refractivity contribution in [3.63, 3.8) is 0 Å². The monoisotopic (exact) mass is 501 g/mol. The number of benzene rings is 2. The number of nitrogens with one attached hydrogen (secondary N) is 1. The van der Waals surface area contributed by atoms with Crippen LogP contribution in [0.1, 0.15) is 38.8 Å². The number of carbonyl (C=O) groups excluding carboxylic acids is 1. The van der Waals surface area contributed by atoms with Crippen LogP contribution >= 0.6 is 23.7 Å². The molecule has 0 atom stereocenters. The molecule has 172 valence electrons. The first kappa shape index (κ1) is 24.9. The SMILES string of the molecule is CCS(=O)(=O)c1ccc(C(=O)Nc2sc3c(c2C#N)CCN(Cc2ccccc2)C3)cc1.Cl. The lowest BCUT2D eigenvalue weighted by molar-refractivity contribution is 0.102. The molecule has 1 aliphatic heterocycles. The van der Waals surface area contributed by atoms with Crippen molar-refractivity contribution in [2.45, 2.75) is 31.3 Å². The number of fused-ring (bicyclic) bond motifs is 1. The molecular weight excluding hydrogens is 478 g/mol. The number of anilines is 1. The number of halogens is 1. The second-order valence-electron chi connectivity index (χ2n) is 7.65. The third-order valence-electron chi connectivity index (χ3n) is 5.58. The summed E-state index contributed by atoms with van der Waals surface area (Å²) in [5.74, 6) is -0.353. The molecule has 1 aliphatic rings. The lowest BCUT2D eigenvalue weighted by atomic mass is 10.0. The van der Waals surface area contributed by atoms with Crippen LogP contribution in [0.15, 0.2) is 59.5 Å². The number of hydrogen-bond acceptors (Lipinski definition) is 6. The van der Waals surface area contributed by atoms with E-state index >= 15 is 0 Å². The zero-order chi connectivity index (χ0) is 22.7. The molecule has 0 aliphatic carbocycles. The van der Waals surface area contributed by atoms with Gasteiger partial charge in [0.15, 0.2) is 9.84 Å². The summed E-state index contributed by atoms with van der Waals surface area (Å²) in [5, 5.41) is 13.1. The molecule has 0 fully saturated rings. The molecule has 4 rings (SSSR count). The van der Waals surface area contributed by atoms with Gasteiger partial charge in [-0.25, -0.2) is 8.42 Å². The second kappa shape index (κ2) is 10.5. The minimum Gasteiger partial charge on any atom is -0.312 e. The maximum absolute atomic E-state index is 12.8. The number of thiophene rings is 1. The highest BCUT2D eigenvalue weighted by molar-refractivity contribution is 7.91. The molecule has 0 spiro atoms. The molecule has 1 aromatic heterocycles. The fourth-order valence-corrected chi connectivity index (χ4v) is 5.91. The Morgan fingerprint density at radius 2 is 1.85 bits per heavy atom. The van der Waals surface area contributed by atoms with E-state index in [0.29, 0.717) is 16.1 Å². The van der Waals surface area contributed by atoms with Crippen molar-refractivity contribution in [3.05, 3.63) is 81.7 Å². The molecule has 6 nitrogen and oxygen atoms in total. The van der Waals surface area contributed by atoms with Gasteiger partial charge in [0.05, 0.1) is 16.2 Å². The lowest BCUT2D eigenvalue weighted by Crippen LogP contribution is -2.29. The molecule has 2 aromatic carbocycles. The van der Waals surface area contributed by atoms with E-state index in [1.165, 1.54) is 41.2 Å². The fraction of sp³-hybridized carbons (Fsp3) is 0.250. The van der Waals surface area contributed by atoms with Crippen molar-refractivity contribution in [2.75, 3.05) is 17.6 Å². The molecule has 0 radical (unpaired) electrons. The van der Waals surface area contributed by atoms with Crippen LogP contribution in [0, 0.1) is 11.3 Å². The van der Waals surface area contributed by atoms with Crippen LogP contribution in [0.4, 0.5) is 5.00 Å². The zero-order valence-corrected chi connectivity index (χ0v) is 20.5. The molecule has 9 heteroatoms. The van der Waals surface area contributed by atoms with Gasteiger partial charge in [-0.05, 0) is 41.8 Å². The summed E-state index contributed by atoms with van der Waals surface area (Å²) in [5.41, 5.74) is 3.14. The van der Waals surface area contributed by atoms with Crippen LogP contribution < -0.4 is 5.32 Å². The first-order valence-electron chi connectivity index (χ1n) is 10.4. The summed E-state index contributed by atoms with van der Waals surface area (Å²) in [7, 11) is -3.32. The highest BCUT2D eigenvalue weighted by atomic mass is 35.5. The highest BCUT2D eigenvalue weighted by Gasteiger charge is 2.25. The maximum Gasteiger partial charge on any atom is 0.256 e. The van der Waals surface area contributed by atoms with Crippen molar-refractivity contribution in [1.29, 1.82) is 5.26 Å². The highest BCUT2D eigenvalue weighted by Crippen LogP contribution is 2.37. The molecule has 1 N–H and O–H groups in total. The predicted octanol–water partition coefficient (Wildman–Crippen LogP) is 4.65. The predicted molar refractivity (Wildman–Crippen MR) is 133 cm³/mol. The zero-order valence-electron chi connectivity index (χ0n) is 18.1. The third kappa shape index (κ3) is 5.45. The van der Waals surface area contributed by atoms with Gasteiger partial charge in [0.25, 0.3) is 5.91 Å². The summed E-state index contributed by atoms with van der Waals surface area (Å²) in [6.45, 7) is 4.02. The second-order valence-corrected chi connectivity index (χ2v) is 11.0. The van der Waals surface area contributed by atoms with Crippen molar-refractivity contribution < 1.29 is 13.2 Å². The molecule has 0 saturated carbocycles. The Morgan fingerprint density at radius 1 is 1.15 bits per heavy atom. The first-order chi connectivity index (χ1) is 15.4. The summed E-state index contributed by atoms with van der Waals surface area (Å²) < 4.78 is 23.9. The van der Waals surface area contributed by atoms with Crippen LogP contribution in [-0.4, -0.2) is 31.5 Å². The smallest absolute Gasteiger partial charge is 0.256 e. The first-order valence-corrected chi connectivity index (χ1v) is 12.8. The van der Waals surface area contributed by atoms with Gasteiger partial charge in [-0.1, -0.05) is 37.3 Å². The number of rotatable bonds is 6. The number of nitriles is 1. The number of hydrogen-bond donors (Lipinski definition) is 1. The van der Waals surface area contributed by atoms with Crippen LogP contribution in [0.5, 0.6) is 0 Å². The lowest BCUT2D eigenvalue weighted by Gasteiger charge is -2.26. The molecule has 1 amide bonds. The van der Waals surface area contributed by atoms with Crippen LogP contribution in [0.2, 0.25) is 0 Å².